The highest BCUT2D eigenvalue weighted by atomic mass is 32.2. The van der Waals surface area contributed by atoms with Gasteiger partial charge in [-0.05, 0) is 50.6 Å². The SMILES string of the molecule is CSc1ncc2cc(C[C@@H](C)OC(=O)c3ccccc3)nc(N3CCCCC3)c2n1.O. The Balaban J connectivity index is 0.00000272. The number of hydrogen-bond donors (Lipinski definition) is 0. The van der Waals surface area contributed by atoms with Crippen molar-refractivity contribution in [2.24, 2.45) is 0 Å². The number of pyridine rings is 1. The second-order valence-electron chi connectivity index (χ2n) is 7.57. The summed E-state index contributed by atoms with van der Waals surface area (Å²) in [6.45, 7) is 3.88. The summed E-state index contributed by atoms with van der Waals surface area (Å²) in [5.41, 5.74) is 2.34. The number of rotatable bonds is 6. The van der Waals surface area contributed by atoms with Crippen LogP contribution >= 0.6 is 11.8 Å². The van der Waals surface area contributed by atoms with Crippen molar-refractivity contribution in [2.45, 2.75) is 43.9 Å². The van der Waals surface area contributed by atoms with E-state index in [0.717, 1.165) is 40.7 Å². The standard InChI is InChI=1S/C23H26N4O2S.H2O/c1-16(29-22(28)17-9-5-3-6-10-17)13-19-14-18-15-24-23(30-2)26-20(18)21(25-19)27-11-7-4-8-12-27;/h3,5-6,9-10,14-16H,4,7-8,11-13H2,1-2H3;1H2/t16-;/m1./s1. The van der Waals surface area contributed by atoms with Crippen molar-refractivity contribution in [2.75, 3.05) is 24.2 Å². The van der Waals surface area contributed by atoms with Crippen molar-refractivity contribution < 1.29 is 15.0 Å². The summed E-state index contributed by atoms with van der Waals surface area (Å²) >= 11 is 1.53. The highest BCUT2D eigenvalue weighted by molar-refractivity contribution is 7.98. The van der Waals surface area contributed by atoms with Gasteiger partial charge in [0.2, 0.25) is 0 Å². The number of carbonyl (C=O) groups is 1. The number of fused-ring (bicyclic) bond motifs is 1. The summed E-state index contributed by atoms with van der Waals surface area (Å²) < 4.78 is 5.65. The number of ether oxygens (including phenoxy) is 1. The van der Waals surface area contributed by atoms with Crippen LogP contribution in [-0.4, -0.2) is 51.8 Å². The maximum atomic E-state index is 12.4. The Morgan fingerprint density at radius 2 is 1.90 bits per heavy atom. The molecule has 8 heteroatoms. The molecule has 3 heterocycles. The predicted molar refractivity (Wildman–Crippen MR) is 124 cm³/mol. The number of thioether (sulfide) groups is 1. The molecule has 0 spiro atoms. The number of carbonyl (C=O) groups excluding carboxylic acids is 1. The maximum Gasteiger partial charge on any atom is 0.338 e. The first kappa shape index (κ1) is 23.0. The fraction of sp³-hybridized carbons (Fsp3) is 0.391. The smallest absolute Gasteiger partial charge is 0.338 e. The molecule has 1 fully saturated rings. The molecule has 7 nitrogen and oxygen atoms in total. The quantitative estimate of drug-likeness (QED) is 0.327. The van der Waals surface area contributed by atoms with Gasteiger partial charge in [0.05, 0.1) is 5.56 Å². The Morgan fingerprint density at radius 1 is 1.16 bits per heavy atom. The first-order valence-electron chi connectivity index (χ1n) is 10.4. The van der Waals surface area contributed by atoms with Crippen LogP contribution in [0.15, 0.2) is 47.8 Å². The largest absolute Gasteiger partial charge is 0.459 e. The average molecular weight is 441 g/mol. The van der Waals surface area contributed by atoms with Gasteiger partial charge in [-0.15, -0.1) is 0 Å². The van der Waals surface area contributed by atoms with Crippen molar-refractivity contribution in [1.82, 2.24) is 15.0 Å². The zero-order valence-corrected chi connectivity index (χ0v) is 18.7. The first-order chi connectivity index (χ1) is 14.6. The molecule has 2 aromatic heterocycles. The van der Waals surface area contributed by atoms with Crippen LogP contribution in [0, 0.1) is 0 Å². The van der Waals surface area contributed by atoms with Crippen molar-refractivity contribution in [3.63, 3.8) is 0 Å². The lowest BCUT2D eigenvalue weighted by Gasteiger charge is -2.29. The van der Waals surface area contributed by atoms with E-state index in [2.05, 4.69) is 9.88 Å². The van der Waals surface area contributed by atoms with Gasteiger partial charge < -0.3 is 15.1 Å². The molecule has 4 rings (SSSR count). The molecule has 0 radical (unpaired) electrons. The maximum absolute atomic E-state index is 12.4. The van der Waals surface area contributed by atoms with E-state index >= 15 is 0 Å². The lowest BCUT2D eigenvalue weighted by Crippen LogP contribution is -2.31. The molecular weight excluding hydrogens is 412 g/mol. The van der Waals surface area contributed by atoms with Gasteiger partial charge in [-0.3, -0.25) is 0 Å². The topological polar surface area (TPSA) is 99.7 Å². The predicted octanol–water partition coefficient (Wildman–Crippen LogP) is 3.70. The molecule has 3 aromatic rings. The third-order valence-electron chi connectivity index (χ3n) is 5.23. The lowest BCUT2D eigenvalue weighted by molar-refractivity contribution is 0.0341. The Morgan fingerprint density at radius 3 is 2.61 bits per heavy atom. The van der Waals surface area contributed by atoms with Crippen LogP contribution in [0.4, 0.5) is 5.82 Å². The average Bonchev–Trinajstić information content (AvgIpc) is 2.79. The minimum atomic E-state index is -0.312. The Labute approximate surface area is 186 Å². The van der Waals surface area contributed by atoms with E-state index in [1.54, 1.807) is 12.1 Å². The van der Waals surface area contributed by atoms with Crippen LogP contribution in [0.25, 0.3) is 10.9 Å². The number of hydrogen-bond acceptors (Lipinski definition) is 7. The molecule has 1 aliphatic rings. The molecule has 2 N–H and O–H groups in total. The molecule has 0 aliphatic carbocycles. The minimum absolute atomic E-state index is 0. The van der Waals surface area contributed by atoms with Crippen molar-refractivity contribution in [1.29, 1.82) is 0 Å². The Bertz CT molecular complexity index is 1030. The molecule has 0 amide bonds. The molecule has 0 bridgehead atoms. The van der Waals surface area contributed by atoms with Crippen LogP contribution in [0.3, 0.4) is 0 Å². The molecule has 164 valence electrons. The van der Waals surface area contributed by atoms with E-state index in [4.69, 9.17) is 14.7 Å². The molecule has 1 aliphatic heterocycles. The highest BCUT2D eigenvalue weighted by Gasteiger charge is 2.20. The van der Waals surface area contributed by atoms with Crippen molar-refractivity contribution in [3.8, 4) is 0 Å². The van der Waals surface area contributed by atoms with Crippen LogP contribution < -0.4 is 4.90 Å². The van der Waals surface area contributed by atoms with E-state index < -0.39 is 0 Å². The molecular formula is C23H28N4O3S. The highest BCUT2D eigenvalue weighted by Crippen LogP contribution is 2.28. The van der Waals surface area contributed by atoms with Crippen molar-refractivity contribution in [3.05, 3.63) is 53.9 Å². The van der Waals surface area contributed by atoms with Crippen LogP contribution in [0.5, 0.6) is 0 Å². The normalized spacial score (nSPS) is 14.7. The monoisotopic (exact) mass is 440 g/mol. The molecule has 0 unspecified atom stereocenters. The fourth-order valence-electron chi connectivity index (χ4n) is 3.75. The van der Waals surface area contributed by atoms with Gasteiger partial charge in [-0.1, -0.05) is 30.0 Å². The number of aromatic nitrogens is 3. The van der Waals surface area contributed by atoms with Crippen LogP contribution in [0.2, 0.25) is 0 Å². The second kappa shape index (κ2) is 10.5. The molecule has 0 saturated carbocycles. The van der Waals surface area contributed by atoms with Gasteiger partial charge in [0.1, 0.15) is 11.6 Å². The second-order valence-corrected chi connectivity index (χ2v) is 8.34. The van der Waals surface area contributed by atoms with E-state index in [-0.39, 0.29) is 17.5 Å². The zero-order chi connectivity index (χ0) is 20.9. The van der Waals surface area contributed by atoms with Gasteiger partial charge in [0, 0.05) is 36.8 Å². The Hall–Kier alpha value is -2.71. The van der Waals surface area contributed by atoms with Crippen LogP contribution in [-0.2, 0) is 11.2 Å². The van der Waals surface area contributed by atoms with Gasteiger partial charge in [-0.25, -0.2) is 19.7 Å². The minimum Gasteiger partial charge on any atom is -0.459 e. The van der Waals surface area contributed by atoms with Crippen LogP contribution in [0.1, 0.15) is 42.2 Å². The van der Waals surface area contributed by atoms with E-state index in [0.29, 0.717) is 12.0 Å². The summed E-state index contributed by atoms with van der Waals surface area (Å²) in [4.78, 5) is 28.8. The van der Waals surface area contributed by atoms with Gasteiger partial charge in [-0.2, -0.15) is 0 Å². The number of anilines is 1. The summed E-state index contributed by atoms with van der Waals surface area (Å²) in [6.07, 6.45) is 7.69. The zero-order valence-electron chi connectivity index (χ0n) is 17.9. The van der Waals surface area contributed by atoms with Gasteiger partial charge in [0.15, 0.2) is 11.0 Å². The Kier molecular flexibility index (Phi) is 7.81. The molecule has 31 heavy (non-hydrogen) atoms. The number of piperidine rings is 1. The third-order valence-corrected chi connectivity index (χ3v) is 5.79. The summed E-state index contributed by atoms with van der Waals surface area (Å²) in [5.74, 6) is 0.606. The van der Waals surface area contributed by atoms with E-state index in [1.807, 2.05) is 43.6 Å². The van der Waals surface area contributed by atoms with Crippen molar-refractivity contribution >= 4 is 34.5 Å². The van der Waals surface area contributed by atoms with E-state index in [1.165, 1.54) is 31.0 Å². The molecule has 1 aromatic carbocycles. The number of nitrogens with zero attached hydrogens (tertiary/aromatic N) is 4. The van der Waals surface area contributed by atoms with E-state index in [9.17, 15) is 4.79 Å². The lowest BCUT2D eigenvalue weighted by atomic mass is 10.1. The third kappa shape index (κ3) is 5.51. The van der Waals surface area contributed by atoms with Gasteiger partial charge >= 0.3 is 5.97 Å². The molecule has 1 atom stereocenters. The molecule has 1 saturated heterocycles. The first-order valence-corrected chi connectivity index (χ1v) is 11.6. The fourth-order valence-corrected chi connectivity index (χ4v) is 4.09. The number of esters is 1. The summed E-state index contributed by atoms with van der Waals surface area (Å²) in [7, 11) is 0. The van der Waals surface area contributed by atoms with Gasteiger partial charge in [0.25, 0.3) is 0 Å². The summed E-state index contributed by atoms with van der Waals surface area (Å²) in [6, 6.07) is 11.1. The summed E-state index contributed by atoms with van der Waals surface area (Å²) in [5, 5.41) is 1.72. The number of benzene rings is 1.